The zero-order chi connectivity index (χ0) is 17.8. The van der Waals surface area contributed by atoms with Crippen LogP contribution in [0.15, 0.2) is 42.7 Å². The summed E-state index contributed by atoms with van der Waals surface area (Å²) in [7, 11) is 0. The monoisotopic (exact) mass is 334 g/mol. The number of rotatable bonds is 6. The van der Waals surface area contributed by atoms with Crippen LogP contribution in [0, 0.1) is 13.8 Å². The number of nitrogens with zero attached hydrogens (tertiary/aromatic N) is 2. The first-order valence-corrected chi connectivity index (χ1v) is 8.35. The first kappa shape index (κ1) is 16.9. The number of primary amides is 1. The third kappa shape index (κ3) is 4.12. The van der Waals surface area contributed by atoms with Crippen molar-refractivity contribution in [2.75, 3.05) is 0 Å². The van der Waals surface area contributed by atoms with Crippen LogP contribution in [0.3, 0.4) is 0 Å². The molecular formula is C20H22N4O. The molecule has 5 nitrogen and oxygen atoms in total. The van der Waals surface area contributed by atoms with Crippen LogP contribution in [0.1, 0.15) is 44.0 Å². The molecule has 0 fully saturated rings. The van der Waals surface area contributed by atoms with Crippen molar-refractivity contribution in [3.8, 4) is 0 Å². The molecule has 0 bridgehead atoms. The summed E-state index contributed by atoms with van der Waals surface area (Å²) in [6.07, 6.45) is 5.55. The van der Waals surface area contributed by atoms with Crippen molar-refractivity contribution in [2.45, 2.75) is 33.1 Å². The van der Waals surface area contributed by atoms with E-state index in [0.717, 1.165) is 23.4 Å². The fourth-order valence-corrected chi connectivity index (χ4v) is 3.20. The van der Waals surface area contributed by atoms with Crippen LogP contribution in [0.5, 0.6) is 0 Å². The van der Waals surface area contributed by atoms with Crippen molar-refractivity contribution < 1.29 is 4.79 Å². The van der Waals surface area contributed by atoms with Crippen LogP contribution in [0.4, 0.5) is 0 Å². The summed E-state index contributed by atoms with van der Waals surface area (Å²) >= 11 is 0. The van der Waals surface area contributed by atoms with Gasteiger partial charge in [-0.1, -0.05) is 35.4 Å². The van der Waals surface area contributed by atoms with Crippen molar-refractivity contribution in [3.05, 3.63) is 81.9 Å². The van der Waals surface area contributed by atoms with Crippen LogP contribution in [0.25, 0.3) is 0 Å². The number of carbonyl (C=O) groups is 1. The number of benzene rings is 1. The molecule has 3 N–H and O–H groups in total. The van der Waals surface area contributed by atoms with E-state index >= 15 is 0 Å². The van der Waals surface area contributed by atoms with E-state index in [1.807, 2.05) is 12.1 Å². The zero-order valence-corrected chi connectivity index (χ0v) is 14.5. The number of aromatic amines is 1. The Morgan fingerprint density at radius 2 is 1.88 bits per heavy atom. The number of amides is 1. The second-order valence-electron chi connectivity index (χ2n) is 6.42. The predicted molar refractivity (Wildman–Crippen MR) is 97.5 cm³/mol. The standard InChI is InChI=1S/C20H22N4O/c1-13-8-14(2)10-15(9-13)5-6-17-19(20(21)25)18(24-23-17)11-16-4-3-7-22-12-16/h3-4,7-10,12H,5-6,11H2,1-2H3,(H2,21,25)(H,23,24). The first-order valence-electron chi connectivity index (χ1n) is 8.35. The Morgan fingerprint density at radius 1 is 1.12 bits per heavy atom. The van der Waals surface area contributed by atoms with Gasteiger partial charge in [0.2, 0.25) is 0 Å². The van der Waals surface area contributed by atoms with Crippen molar-refractivity contribution in [1.82, 2.24) is 15.2 Å². The van der Waals surface area contributed by atoms with E-state index in [4.69, 9.17) is 5.73 Å². The first-order chi connectivity index (χ1) is 12.0. The molecule has 128 valence electrons. The number of H-pyrrole nitrogens is 1. The van der Waals surface area contributed by atoms with Gasteiger partial charge < -0.3 is 5.73 Å². The molecule has 0 saturated carbocycles. The number of hydrogen-bond donors (Lipinski definition) is 2. The molecule has 1 aromatic carbocycles. The Morgan fingerprint density at radius 3 is 2.52 bits per heavy atom. The van der Waals surface area contributed by atoms with Gasteiger partial charge in [0.15, 0.2) is 0 Å². The van der Waals surface area contributed by atoms with E-state index in [1.54, 1.807) is 12.4 Å². The maximum atomic E-state index is 12.0. The molecule has 0 atom stereocenters. The van der Waals surface area contributed by atoms with E-state index in [2.05, 4.69) is 47.2 Å². The van der Waals surface area contributed by atoms with Gasteiger partial charge in [-0.25, -0.2) is 0 Å². The third-order valence-electron chi connectivity index (χ3n) is 4.20. The quantitative estimate of drug-likeness (QED) is 0.727. The third-order valence-corrected chi connectivity index (χ3v) is 4.20. The highest BCUT2D eigenvalue weighted by Gasteiger charge is 2.18. The number of aryl methyl sites for hydroxylation is 4. The average Bonchev–Trinajstić information content (AvgIpc) is 2.96. The van der Waals surface area contributed by atoms with Gasteiger partial charge in [-0.15, -0.1) is 0 Å². The Kier molecular flexibility index (Phi) is 4.93. The van der Waals surface area contributed by atoms with Gasteiger partial charge in [-0.05, 0) is 43.9 Å². The maximum Gasteiger partial charge on any atom is 0.252 e. The normalized spacial score (nSPS) is 10.8. The van der Waals surface area contributed by atoms with Crippen molar-refractivity contribution in [2.24, 2.45) is 5.73 Å². The minimum atomic E-state index is -0.442. The predicted octanol–water partition coefficient (Wildman–Crippen LogP) is 2.90. The number of nitrogens with two attached hydrogens (primary N) is 1. The summed E-state index contributed by atoms with van der Waals surface area (Å²) < 4.78 is 0. The molecule has 0 saturated heterocycles. The van der Waals surface area contributed by atoms with Crippen LogP contribution in [-0.2, 0) is 19.3 Å². The summed E-state index contributed by atoms with van der Waals surface area (Å²) in [5.41, 5.74) is 12.3. The molecule has 5 heteroatoms. The summed E-state index contributed by atoms with van der Waals surface area (Å²) in [5, 5.41) is 7.33. The van der Waals surface area contributed by atoms with Crippen molar-refractivity contribution in [3.63, 3.8) is 0 Å². The van der Waals surface area contributed by atoms with Crippen LogP contribution >= 0.6 is 0 Å². The number of hydrogen-bond acceptors (Lipinski definition) is 3. The van der Waals surface area contributed by atoms with E-state index in [0.29, 0.717) is 18.4 Å². The zero-order valence-electron chi connectivity index (χ0n) is 14.5. The molecule has 25 heavy (non-hydrogen) atoms. The van der Waals surface area contributed by atoms with Gasteiger partial charge in [0.25, 0.3) is 5.91 Å². The minimum absolute atomic E-state index is 0.442. The van der Waals surface area contributed by atoms with Crippen LogP contribution in [0.2, 0.25) is 0 Å². The molecular weight excluding hydrogens is 312 g/mol. The van der Waals surface area contributed by atoms with Crippen LogP contribution in [-0.4, -0.2) is 21.1 Å². The molecule has 3 rings (SSSR count). The summed E-state index contributed by atoms with van der Waals surface area (Å²) in [6, 6.07) is 10.3. The smallest absolute Gasteiger partial charge is 0.252 e. The molecule has 0 aliphatic heterocycles. The lowest BCUT2D eigenvalue weighted by atomic mass is 10.00. The summed E-state index contributed by atoms with van der Waals surface area (Å²) in [4.78, 5) is 16.1. The average molecular weight is 334 g/mol. The van der Waals surface area contributed by atoms with Gasteiger partial charge in [0.1, 0.15) is 0 Å². The fraction of sp³-hybridized carbons (Fsp3) is 0.250. The van der Waals surface area contributed by atoms with Gasteiger partial charge >= 0.3 is 0 Å². The van der Waals surface area contributed by atoms with Gasteiger partial charge in [-0.3, -0.25) is 14.9 Å². The minimum Gasteiger partial charge on any atom is -0.365 e. The molecule has 1 amide bonds. The summed E-state index contributed by atoms with van der Waals surface area (Å²) in [6.45, 7) is 4.18. The molecule has 0 unspecified atom stereocenters. The Hall–Kier alpha value is -2.95. The second-order valence-corrected chi connectivity index (χ2v) is 6.42. The second kappa shape index (κ2) is 7.30. The van der Waals surface area contributed by atoms with E-state index in [1.165, 1.54) is 16.7 Å². The highest BCUT2D eigenvalue weighted by atomic mass is 16.1. The molecule has 0 aliphatic rings. The lowest BCUT2D eigenvalue weighted by molar-refractivity contribution is 0.0998. The Balaban J connectivity index is 1.80. The Bertz CT molecular complexity index is 864. The lowest BCUT2D eigenvalue weighted by Crippen LogP contribution is -2.15. The molecule has 0 aliphatic carbocycles. The van der Waals surface area contributed by atoms with Crippen molar-refractivity contribution >= 4 is 5.91 Å². The number of aromatic nitrogens is 3. The molecule has 0 radical (unpaired) electrons. The fourth-order valence-electron chi connectivity index (χ4n) is 3.20. The van der Waals surface area contributed by atoms with Crippen LogP contribution < -0.4 is 5.73 Å². The van der Waals surface area contributed by atoms with Crippen molar-refractivity contribution in [1.29, 1.82) is 0 Å². The Labute approximate surface area is 147 Å². The topological polar surface area (TPSA) is 84.7 Å². The molecule has 2 heterocycles. The lowest BCUT2D eigenvalue weighted by Gasteiger charge is -2.05. The van der Waals surface area contributed by atoms with Gasteiger partial charge in [0.05, 0.1) is 17.0 Å². The van der Waals surface area contributed by atoms with Gasteiger partial charge in [0, 0.05) is 18.8 Å². The number of pyridine rings is 1. The van der Waals surface area contributed by atoms with E-state index in [-0.39, 0.29) is 0 Å². The van der Waals surface area contributed by atoms with E-state index < -0.39 is 5.91 Å². The highest BCUT2D eigenvalue weighted by molar-refractivity contribution is 5.95. The van der Waals surface area contributed by atoms with E-state index in [9.17, 15) is 4.79 Å². The molecule has 2 aromatic heterocycles. The largest absolute Gasteiger partial charge is 0.365 e. The molecule has 0 spiro atoms. The SMILES string of the molecule is Cc1cc(C)cc(CCc2n[nH]c(Cc3cccnc3)c2C(N)=O)c1. The number of nitrogens with one attached hydrogen (secondary N) is 1. The summed E-state index contributed by atoms with van der Waals surface area (Å²) in [5.74, 6) is -0.442. The maximum absolute atomic E-state index is 12.0. The highest BCUT2D eigenvalue weighted by Crippen LogP contribution is 2.18. The van der Waals surface area contributed by atoms with Gasteiger partial charge in [-0.2, -0.15) is 5.10 Å². The molecule has 3 aromatic rings. The number of carbonyl (C=O) groups excluding carboxylic acids is 1.